The molecule has 2 amide bonds. The molecule has 1 aliphatic rings. The van der Waals surface area contributed by atoms with E-state index in [0.717, 1.165) is 22.9 Å². The number of anilines is 1. The molecule has 1 heterocycles. The summed E-state index contributed by atoms with van der Waals surface area (Å²) in [7, 11) is 0. The normalized spacial score (nSPS) is 18.0. The van der Waals surface area contributed by atoms with Crippen molar-refractivity contribution in [2.75, 3.05) is 25.1 Å². The zero-order chi connectivity index (χ0) is 19.1. The van der Waals surface area contributed by atoms with Gasteiger partial charge in [-0.3, -0.25) is 14.6 Å². The quantitative estimate of drug-likeness (QED) is 0.684. The van der Waals surface area contributed by atoms with E-state index in [1.807, 2.05) is 49.4 Å². The zero-order valence-electron chi connectivity index (χ0n) is 15.2. The van der Waals surface area contributed by atoms with Crippen LogP contribution in [0.2, 0.25) is 0 Å². The first-order chi connectivity index (χ1) is 13.2. The van der Waals surface area contributed by atoms with Gasteiger partial charge < -0.3 is 15.4 Å². The maximum Gasteiger partial charge on any atom is 0.240 e. The van der Waals surface area contributed by atoms with Gasteiger partial charge in [-0.25, -0.2) is 0 Å². The molecule has 0 spiro atoms. The molecule has 6 nitrogen and oxygen atoms in total. The van der Waals surface area contributed by atoms with E-state index in [9.17, 15) is 9.59 Å². The third kappa shape index (κ3) is 5.30. The summed E-state index contributed by atoms with van der Waals surface area (Å²) in [6.45, 7) is 3.89. The number of thioether (sulfide) groups is 1. The molecule has 2 N–H and O–H groups in total. The highest BCUT2D eigenvalue weighted by Crippen LogP contribution is 2.25. The summed E-state index contributed by atoms with van der Waals surface area (Å²) in [6, 6.07) is 13.6. The van der Waals surface area contributed by atoms with E-state index < -0.39 is 5.25 Å². The number of aliphatic imine (C=N–C) groups is 1. The molecule has 1 saturated heterocycles. The minimum atomic E-state index is -0.453. The van der Waals surface area contributed by atoms with Crippen molar-refractivity contribution in [1.82, 2.24) is 5.32 Å². The molecular formula is C20H23N3O3S. The second-order valence-electron chi connectivity index (χ2n) is 6.11. The molecule has 1 fully saturated rings. The van der Waals surface area contributed by atoms with Crippen molar-refractivity contribution >= 4 is 45.2 Å². The molecule has 0 aromatic heterocycles. The van der Waals surface area contributed by atoms with Gasteiger partial charge in [0.2, 0.25) is 11.8 Å². The van der Waals surface area contributed by atoms with Crippen molar-refractivity contribution in [3.05, 3.63) is 42.5 Å². The number of hydrogen-bond donors (Lipinski definition) is 2. The van der Waals surface area contributed by atoms with E-state index in [1.54, 1.807) is 0 Å². The fourth-order valence-corrected chi connectivity index (χ4v) is 3.81. The predicted octanol–water partition coefficient (Wildman–Crippen LogP) is 3.18. The van der Waals surface area contributed by atoms with Gasteiger partial charge in [-0.15, -0.1) is 0 Å². The van der Waals surface area contributed by atoms with Gasteiger partial charge in [0.25, 0.3) is 0 Å². The highest BCUT2D eigenvalue weighted by Gasteiger charge is 2.32. The maximum atomic E-state index is 12.4. The van der Waals surface area contributed by atoms with Gasteiger partial charge >= 0.3 is 0 Å². The molecule has 2 aromatic rings. The van der Waals surface area contributed by atoms with Crippen LogP contribution in [-0.4, -0.2) is 42.0 Å². The van der Waals surface area contributed by atoms with Gasteiger partial charge in [-0.1, -0.05) is 48.2 Å². The molecule has 142 valence electrons. The van der Waals surface area contributed by atoms with Gasteiger partial charge in [0.05, 0.1) is 0 Å². The van der Waals surface area contributed by atoms with Crippen molar-refractivity contribution in [2.24, 2.45) is 4.99 Å². The Bertz CT molecular complexity index is 848. The number of ether oxygens (including phenoxy) is 1. The van der Waals surface area contributed by atoms with Crippen LogP contribution in [0, 0.1) is 0 Å². The monoisotopic (exact) mass is 385 g/mol. The molecule has 1 aliphatic heterocycles. The summed E-state index contributed by atoms with van der Waals surface area (Å²) < 4.78 is 5.26. The lowest BCUT2D eigenvalue weighted by Crippen LogP contribution is -2.28. The Morgan fingerprint density at radius 3 is 2.93 bits per heavy atom. The number of rotatable bonds is 8. The summed E-state index contributed by atoms with van der Waals surface area (Å²) >= 11 is 1.31. The lowest BCUT2D eigenvalue weighted by molar-refractivity contribution is -0.122. The van der Waals surface area contributed by atoms with Crippen molar-refractivity contribution in [1.29, 1.82) is 0 Å². The molecule has 0 saturated carbocycles. The summed E-state index contributed by atoms with van der Waals surface area (Å²) in [4.78, 5) is 28.9. The number of benzene rings is 2. The topological polar surface area (TPSA) is 79.8 Å². The first-order valence-corrected chi connectivity index (χ1v) is 9.92. The lowest BCUT2D eigenvalue weighted by atomic mass is 10.1. The second-order valence-corrected chi connectivity index (χ2v) is 7.30. The van der Waals surface area contributed by atoms with Crippen molar-refractivity contribution in [3.8, 4) is 0 Å². The van der Waals surface area contributed by atoms with E-state index >= 15 is 0 Å². The third-order valence-electron chi connectivity index (χ3n) is 4.12. The van der Waals surface area contributed by atoms with E-state index in [1.165, 1.54) is 11.8 Å². The van der Waals surface area contributed by atoms with Crippen LogP contribution in [0.15, 0.2) is 47.5 Å². The number of carbonyl (C=O) groups excluding carboxylic acids is 2. The number of hydrogen-bond acceptors (Lipinski definition) is 5. The average molecular weight is 385 g/mol. The van der Waals surface area contributed by atoms with Crippen LogP contribution in [0.3, 0.4) is 0 Å². The summed E-state index contributed by atoms with van der Waals surface area (Å²) in [5.74, 6) is -0.353. The second kappa shape index (κ2) is 9.53. The van der Waals surface area contributed by atoms with E-state index in [4.69, 9.17) is 4.74 Å². The van der Waals surface area contributed by atoms with Crippen LogP contribution in [0.4, 0.5) is 5.69 Å². The van der Waals surface area contributed by atoms with Crippen LogP contribution in [0.25, 0.3) is 10.8 Å². The summed E-state index contributed by atoms with van der Waals surface area (Å²) in [5.41, 5.74) is 0.756. The SMILES string of the molecule is CCOCCCN=C1NC(=O)[C@H](CC(=O)Nc2cccc3ccccc23)S1. The highest BCUT2D eigenvalue weighted by molar-refractivity contribution is 8.15. The number of nitrogens with one attached hydrogen (secondary N) is 2. The highest BCUT2D eigenvalue weighted by atomic mass is 32.2. The smallest absolute Gasteiger partial charge is 0.240 e. The number of fused-ring (bicyclic) bond motifs is 1. The van der Waals surface area contributed by atoms with Crippen LogP contribution in [0.1, 0.15) is 19.8 Å². The Kier molecular flexibility index (Phi) is 6.84. The minimum Gasteiger partial charge on any atom is -0.382 e. The first kappa shape index (κ1) is 19.4. The summed E-state index contributed by atoms with van der Waals surface area (Å²) in [5, 5.41) is 7.84. The Balaban J connectivity index is 1.55. The van der Waals surface area contributed by atoms with Crippen molar-refractivity contribution in [3.63, 3.8) is 0 Å². The van der Waals surface area contributed by atoms with Crippen LogP contribution in [-0.2, 0) is 14.3 Å². The number of nitrogens with zero attached hydrogens (tertiary/aromatic N) is 1. The van der Waals surface area contributed by atoms with E-state index in [-0.39, 0.29) is 18.2 Å². The van der Waals surface area contributed by atoms with Gasteiger partial charge in [0.15, 0.2) is 5.17 Å². The van der Waals surface area contributed by atoms with Crippen LogP contribution < -0.4 is 10.6 Å². The van der Waals surface area contributed by atoms with Gasteiger partial charge in [0.1, 0.15) is 5.25 Å². The molecular weight excluding hydrogens is 362 g/mol. The Morgan fingerprint density at radius 1 is 1.26 bits per heavy atom. The Labute approximate surface area is 162 Å². The molecule has 7 heteroatoms. The standard InChI is InChI=1S/C20H23N3O3S/c1-2-26-12-6-11-21-20-23-19(25)17(27-20)13-18(24)22-16-10-5-8-14-7-3-4-9-15(14)16/h3-5,7-10,17H,2,6,11-13H2,1H3,(H,22,24)(H,21,23,25)/t17-/m0/s1. The van der Waals surface area contributed by atoms with E-state index in [2.05, 4.69) is 15.6 Å². The van der Waals surface area contributed by atoms with Crippen LogP contribution in [0.5, 0.6) is 0 Å². The minimum absolute atomic E-state index is 0.109. The van der Waals surface area contributed by atoms with Crippen molar-refractivity contribution in [2.45, 2.75) is 25.0 Å². The molecule has 0 aliphatic carbocycles. The molecule has 0 bridgehead atoms. The van der Waals surface area contributed by atoms with Crippen LogP contribution >= 0.6 is 11.8 Å². The fraction of sp³-hybridized carbons (Fsp3) is 0.350. The Morgan fingerprint density at radius 2 is 2.07 bits per heavy atom. The molecule has 0 radical (unpaired) electrons. The average Bonchev–Trinajstić information content (AvgIpc) is 3.01. The third-order valence-corrected chi connectivity index (χ3v) is 5.24. The van der Waals surface area contributed by atoms with Gasteiger partial charge in [0, 0.05) is 37.3 Å². The molecule has 3 rings (SSSR count). The molecule has 0 unspecified atom stereocenters. The largest absolute Gasteiger partial charge is 0.382 e. The number of carbonyl (C=O) groups is 2. The van der Waals surface area contributed by atoms with E-state index in [0.29, 0.717) is 24.9 Å². The zero-order valence-corrected chi connectivity index (χ0v) is 16.1. The fourth-order valence-electron chi connectivity index (χ4n) is 2.81. The number of amidine groups is 1. The predicted molar refractivity (Wildman–Crippen MR) is 110 cm³/mol. The first-order valence-electron chi connectivity index (χ1n) is 9.04. The Hall–Kier alpha value is -2.38. The molecule has 1 atom stereocenters. The summed E-state index contributed by atoms with van der Waals surface area (Å²) in [6.07, 6.45) is 0.914. The van der Waals surface area contributed by atoms with Gasteiger partial charge in [-0.05, 0) is 24.8 Å². The maximum absolute atomic E-state index is 12.4. The lowest BCUT2D eigenvalue weighted by Gasteiger charge is -2.10. The number of amides is 2. The molecule has 2 aromatic carbocycles. The van der Waals surface area contributed by atoms with Gasteiger partial charge in [-0.2, -0.15) is 0 Å². The molecule has 27 heavy (non-hydrogen) atoms. The van der Waals surface area contributed by atoms with Crippen molar-refractivity contribution < 1.29 is 14.3 Å².